The van der Waals surface area contributed by atoms with Gasteiger partial charge in [-0.05, 0) is 13.8 Å². The van der Waals surface area contributed by atoms with Crippen LogP contribution >= 0.6 is 0 Å². The molecule has 7 heteroatoms. The Labute approximate surface area is 123 Å². The molecule has 0 fully saturated rings. The van der Waals surface area contributed by atoms with Gasteiger partial charge in [-0.15, -0.1) is 0 Å². The average molecular weight is 302 g/mol. The molecule has 0 aliphatic carbocycles. The molecule has 0 saturated heterocycles. The number of carbonyl (C=O) groups is 3. The molecule has 0 aliphatic rings. The Morgan fingerprint density at radius 1 is 1.05 bits per heavy atom. The van der Waals surface area contributed by atoms with Crippen LogP contribution in [-0.4, -0.2) is 46.4 Å². The standard InChI is InChI=1S/C6H10O3.2C4H6O2/c1-2-6(8)9-5-3-4-7;2*1-3(2)4(5)6/h2,7H,1,3-5H2;2*1H2,2H3,(H,5,6). The molecule has 0 spiro atoms. The minimum atomic E-state index is -0.935. The average Bonchev–Trinajstić information content (AvgIpc) is 2.39. The van der Waals surface area contributed by atoms with Crippen LogP contribution in [0.25, 0.3) is 0 Å². The van der Waals surface area contributed by atoms with E-state index < -0.39 is 17.9 Å². The number of carboxylic acids is 2. The van der Waals surface area contributed by atoms with Gasteiger partial charge >= 0.3 is 17.9 Å². The Bertz CT molecular complexity index is 335. The second-order valence-corrected chi connectivity index (χ2v) is 3.62. The molecule has 0 amide bonds. The summed E-state index contributed by atoms with van der Waals surface area (Å²) in [6.07, 6.45) is 1.58. The number of aliphatic carboxylic acids is 2. The van der Waals surface area contributed by atoms with Crippen LogP contribution in [0.1, 0.15) is 20.3 Å². The third kappa shape index (κ3) is 27.0. The first-order chi connectivity index (χ1) is 9.59. The molecule has 0 bridgehead atoms. The molecular formula is C14H22O7. The maximum absolute atomic E-state index is 10.3. The molecule has 0 aromatic heterocycles. The minimum absolute atomic E-state index is 0.0461. The summed E-state index contributed by atoms with van der Waals surface area (Å²) in [7, 11) is 0. The smallest absolute Gasteiger partial charge is 0.330 e. The van der Waals surface area contributed by atoms with Crippen LogP contribution < -0.4 is 0 Å². The molecule has 7 nitrogen and oxygen atoms in total. The lowest BCUT2D eigenvalue weighted by molar-refractivity contribution is -0.138. The fraction of sp³-hybridized carbons (Fsp3) is 0.357. The predicted molar refractivity (Wildman–Crippen MR) is 77.8 cm³/mol. The molecule has 120 valence electrons. The van der Waals surface area contributed by atoms with Crippen LogP contribution in [-0.2, 0) is 19.1 Å². The van der Waals surface area contributed by atoms with Crippen LogP contribution in [0.3, 0.4) is 0 Å². The number of ether oxygens (including phenoxy) is 1. The Morgan fingerprint density at radius 3 is 1.57 bits per heavy atom. The van der Waals surface area contributed by atoms with E-state index in [4.69, 9.17) is 15.3 Å². The summed E-state index contributed by atoms with van der Waals surface area (Å²) >= 11 is 0. The highest BCUT2D eigenvalue weighted by Crippen LogP contribution is 1.82. The van der Waals surface area contributed by atoms with E-state index >= 15 is 0 Å². The van der Waals surface area contributed by atoms with E-state index in [0.29, 0.717) is 6.42 Å². The monoisotopic (exact) mass is 302 g/mol. The van der Waals surface area contributed by atoms with Crippen molar-refractivity contribution < 1.29 is 34.4 Å². The van der Waals surface area contributed by atoms with Crippen molar-refractivity contribution in [2.24, 2.45) is 0 Å². The van der Waals surface area contributed by atoms with Gasteiger partial charge in [0.05, 0.1) is 6.61 Å². The van der Waals surface area contributed by atoms with Crippen LogP contribution in [0.15, 0.2) is 37.0 Å². The zero-order chi connectivity index (χ0) is 17.4. The van der Waals surface area contributed by atoms with Gasteiger partial charge in [0.1, 0.15) is 0 Å². The molecule has 0 saturated carbocycles. The summed E-state index contributed by atoms with van der Waals surface area (Å²) in [6.45, 7) is 12.7. The number of hydrogen-bond donors (Lipinski definition) is 3. The van der Waals surface area contributed by atoms with E-state index in [1.165, 1.54) is 13.8 Å². The first-order valence-corrected chi connectivity index (χ1v) is 5.77. The predicted octanol–water partition coefficient (Wildman–Crippen LogP) is 1.39. The summed E-state index contributed by atoms with van der Waals surface area (Å²) in [5.74, 6) is -2.31. The second kappa shape index (κ2) is 15.6. The van der Waals surface area contributed by atoms with Crippen molar-refractivity contribution in [1.29, 1.82) is 0 Å². The van der Waals surface area contributed by atoms with E-state index in [1.54, 1.807) is 0 Å². The van der Waals surface area contributed by atoms with Crippen molar-refractivity contribution in [2.75, 3.05) is 13.2 Å². The van der Waals surface area contributed by atoms with Gasteiger partial charge in [-0.1, -0.05) is 19.7 Å². The fourth-order valence-corrected chi connectivity index (χ4v) is 0.296. The lowest BCUT2D eigenvalue weighted by Crippen LogP contribution is -2.02. The van der Waals surface area contributed by atoms with Gasteiger partial charge in [0.15, 0.2) is 0 Å². The zero-order valence-corrected chi connectivity index (χ0v) is 12.3. The number of rotatable bonds is 6. The number of aliphatic hydroxyl groups excluding tert-OH is 1. The number of carboxylic acid groups (broad SMARTS) is 2. The van der Waals surface area contributed by atoms with Gasteiger partial charge in [-0.2, -0.15) is 0 Å². The number of carbonyl (C=O) groups excluding carboxylic acids is 1. The molecule has 0 radical (unpaired) electrons. The molecule has 0 aromatic carbocycles. The van der Waals surface area contributed by atoms with Gasteiger partial charge < -0.3 is 20.1 Å². The van der Waals surface area contributed by atoms with E-state index in [1.807, 2.05) is 0 Å². The summed E-state index contributed by atoms with van der Waals surface area (Å²) in [4.78, 5) is 29.5. The zero-order valence-electron chi connectivity index (χ0n) is 12.3. The number of hydrogen-bond acceptors (Lipinski definition) is 5. The van der Waals surface area contributed by atoms with Gasteiger partial charge in [0, 0.05) is 30.2 Å². The van der Waals surface area contributed by atoms with E-state index in [2.05, 4.69) is 24.5 Å². The highest BCUT2D eigenvalue weighted by molar-refractivity contribution is 5.85. The molecule has 0 aliphatic heterocycles. The highest BCUT2D eigenvalue weighted by Gasteiger charge is 1.92. The molecule has 0 aromatic rings. The van der Waals surface area contributed by atoms with Crippen LogP contribution in [0.2, 0.25) is 0 Å². The number of aliphatic hydroxyl groups is 1. The van der Waals surface area contributed by atoms with Crippen molar-refractivity contribution in [1.82, 2.24) is 0 Å². The fourth-order valence-electron chi connectivity index (χ4n) is 0.296. The Kier molecular flexibility index (Phi) is 17.6. The second-order valence-electron chi connectivity index (χ2n) is 3.62. The summed E-state index contributed by atoms with van der Waals surface area (Å²) < 4.78 is 4.51. The maximum atomic E-state index is 10.3. The van der Waals surface area contributed by atoms with E-state index in [0.717, 1.165) is 6.08 Å². The first kappa shape index (κ1) is 23.7. The Balaban J connectivity index is -0.000000240. The number of esters is 1. The molecule has 21 heavy (non-hydrogen) atoms. The molecule has 3 N–H and O–H groups in total. The lowest BCUT2D eigenvalue weighted by atomic mass is 10.4. The molecule has 0 unspecified atom stereocenters. The summed E-state index contributed by atoms with van der Waals surface area (Å²) in [5.41, 5.74) is 0.352. The topological polar surface area (TPSA) is 121 Å². The van der Waals surface area contributed by atoms with Crippen molar-refractivity contribution >= 4 is 17.9 Å². The molecular weight excluding hydrogens is 280 g/mol. The molecule has 0 rings (SSSR count). The normalized spacial score (nSPS) is 7.95. The minimum Gasteiger partial charge on any atom is -0.478 e. The Morgan fingerprint density at radius 2 is 1.38 bits per heavy atom. The Hall–Kier alpha value is -2.41. The van der Waals surface area contributed by atoms with Crippen LogP contribution in [0.4, 0.5) is 0 Å². The van der Waals surface area contributed by atoms with Crippen LogP contribution in [0, 0.1) is 0 Å². The van der Waals surface area contributed by atoms with Gasteiger partial charge in [-0.3, -0.25) is 0 Å². The van der Waals surface area contributed by atoms with Crippen LogP contribution in [0.5, 0.6) is 0 Å². The summed E-state index contributed by atoms with van der Waals surface area (Å²) in [6, 6.07) is 0. The van der Waals surface area contributed by atoms with Crippen molar-refractivity contribution in [3.05, 3.63) is 37.0 Å². The molecule has 0 heterocycles. The van der Waals surface area contributed by atoms with E-state index in [9.17, 15) is 14.4 Å². The SMILES string of the molecule is C=C(C)C(=O)O.C=C(C)C(=O)O.C=CC(=O)OCCCO. The third-order valence-corrected chi connectivity index (χ3v) is 1.44. The van der Waals surface area contributed by atoms with Gasteiger partial charge in [0.2, 0.25) is 0 Å². The van der Waals surface area contributed by atoms with Crippen molar-refractivity contribution in [2.45, 2.75) is 20.3 Å². The quantitative estimate of drug-likeness (QED) is 0.385. The largest absolute Gasteiger partial charge is 0.478 e. The van der Waals surface area contributed by atoms with Gasteiger partial charge in [0.25, 0.3) is 0 Å². The highest BCUT2D eigenvalue weighted by atomic mass is 16.5. The third-order valence-electron chi connectivity index (χ3n) is 1.44. The van der Waals surface area contributed by atoms with Gasteiger partial charge in [-0.25, -0.2) is 14.4 Å². The first-order valence-electron chi connectivity index (χ1n) is 5.77. The lowest BCUT2D eigenvalue weighted by Gasteiger charge is -1.96. The molecule has 0 atom stereocenters. The summed E-state index contributed by atoms with van der Waals surface area (Å²) in [5, 5.41) is 24.0. The maximum Gasteiger partial charge on any atom is 0.330 e. The van der Waals surface area contributed by atoms with Crippen molar-refractivity contribution in [3.63, 3.8) is 0 Å². The van der Waals surface area contributed by atoms with Crippen molar-refractivity contribution in [3.8, 4) is 0 Å². The van der Waals surface area contributed by atoms with E-state index in [-0.39, 0.29) is 24.4 Å².